The molecule has 3 rings (SSSR count). The summed E-state index contributed by atoms with van der Waals surface area (Å²) in [4.78, 5) is 2.56. The molecule has 0 radical (unpaired) electrons. The Bertz CT molecular complexity index is 642. The fraction of sp³-hybridized carbons (Fsp3) is 0.154. The summed E-state index contributed by atoms with van der Waals surface area (Å²) in [5.41, 5.74) is 2.33. The van der Waals surface area contributed by atoms with Crippen LogP contribution in [0.1, 0.15) is 10.4 Å². The van der Waals surface area contributed by atoms with Crippen molar-refractivity contribution in [2.45, 2.75) is 13.1 Å². The minimum atomic E-state index is 0.819. The number of hydrogen-bond acceptors (Lipinski definition) is 4. The van der Waals surface area contributed by atoms with E-state index in [0.29, 0.717) is 0 Å². The van der Waals surface area contributed by atoms with Gasteiger partial charge in [-0.2, -0.15) is 5.10 Å². The van der Waals surface area contributed by atoms with Gasteiger partial charge in [0.2, 0.25) is 0 Å². The number of nitrogens with one attached hydrogen (secondary N) is 2. The lowest BCUT2D eigenvalue weighted by Crippen LogP contribution is -2.11. The molecule has 6 heteroatoms. The quantitative estimate of drug-likeness (QED) is 0.719. The molecule has 0 saturated heterocycles. The fourth-order valence-electron chi connectivity index (χ4n) is 1.85. The van der Waals surface area contributed by atoms with Crippen LogP contribution in [0, 0.1) is 0 Å². The second-order valence-electron chi connectivity index (χ2n) is 4.08. The monoisotopic (exact) mass is 353 g/mol. The number of halogens is 1. The number of hydrogen-bond donors (Lipinski definition) is 2. The van der Waals surface area contributed by atoms with Crippen LogP contribution in [0.5, 0.6) is 0 Å². The van der Waals surface area contributed by atoms with Gasteiger partial charge >= 0.3 is 0 Å². The largest absolute Gasteiger partial charge is 0.308 e. The minimum Gasteiger partial charge on any atom is -0.308 e. The van der Waals surface area contributed by atoms with Crippen molar-refractivity contribution in [3.63, 3.8) is 0 Å². The van der Waals surface area contributed by atoms with Crippen LogP contribution in [0.3, 0.4) is 0 Å². The first-order valence-electron chi connectivity index (χ1n) is 5.82. The summed E-state index contributed by atoms with van der Waals surface area (Å²) in [6.07, 6.45) is 1.90. The van der Waals surface area contributed by atoms with Gasteiger partial charge in [0, 0.05) is 33.4 Å². The number of thiophene rings is 2. The molecule has 0 fully saturated rings. The van der Waals surface area contributed by atoms with Crippen molar-refractivity contribution >= 4 is 38.6 Å². The Morgan fingerprint density at radius 2 is 2.26 bits per heavy atom. The van der Waals surface area contributed by atoms with E-state index in [-0.39, 0.29) is 0 Å². The van der Waals surface area contributed by atoms with Gasteiger partial charge in [-0.3, -0.25) is 5.10 Å². The van der Waals surface area contributed by atoms with Crippen molar-refractivity contribution in [1.82, 2.24) is 15.5 Å². The van der Waals surface area contributed by atoms with Gasteiger partial charge in [0.15, 0.2) is 0 Å². The minimum absolute atomic E-state index is 0.819. The Kier molecular flexibility index (Phi) is 4.12. The van der Waals surface area contributed by atoms with Crippen molar-refractivity contribution in [2.24, 2.45) is 0 Å². The molecule has 0 aliphatic rings. The average molecular weight is 354 g/mol. The molecule has 3 aromatic heterocycles. The molecule has 0 bridgehead atoms. The Balaban J connectivity index is 1.63. The summed E-state index contributed by atoms with van der Waals surface area (Å²) in [6.45, 7) is 1.70. The number of aromatic amines is 1. The summed E-state index contributed by atoms with van der Waals surface area (Å²) in [5, 5.41) is 14.9. The van der Waals surface area contributed by atoms with E-state index < -0.39 is 0 Å². The van der Waals surface area contributed by atoms with Gasteiger partial charge in [-0.1, -0.05) is 6.07 Å². The second kappa shape index (κ2) is 6.00. The molecule has 0 amide bonds. The summed E-state index contributed by atoms with van der Waals surface area (Å²) in [7, 11) is 0. The van der Waals surface area contributed by atoms with Crippen LogP contribution in [0.2, 0.25) is 0 Å². The molecule has 2 N–H and O–H groups in total. The van der Waals surface area contributed by atoms with Gasteiger partial charge in [0.1, 0.15) is 0 Å². The standard InChI is InChI=1S/C13H12BrN3S2/c14-10-4-11(19-8-10)7-15-5-9-6-16-17-13(9)12-2-1-3-18-12/h1-4,6,8,15H,5,7H2,(H,16,17). The number of nitrogens with zero attached hydrogens (tertiary/aromatic N) is 1. The Labute approximate surface area is 127 Å². The number of H-pyrrole nitrogens is 1. The molecule has 0 saturated carbocycles. The fourth-order valence-corrected chi connectivity index (χ4v) is 4.02. The summed E-state index contributed by atoms with van der Waals surface area (Å²) < 4.78 is 1.15. The molecule has 0 aliphatic heterocycles. The van der Waals surface area contributed by atoms with E-state index in [1.807, 2.05) is 6.20 Å². The highest BCUT2D eigenvalue weighted by atomic mass is 79.9. The van der Waals surface area contributed by atoms with E-state index in [4.69, 9.17) is 0 Å². The topological polar surface area (TPSA) is 40.7 Å². The number of aromatic nitrogens is 2. The van der Waals surface area contributed by atoms with E-state index >= 15 is 0 Å². The maximum atomic E-state index is 4.14. The van der Waals surface area contributed by atoms with Crippen molar-refractivity contribution in [3.05, 3.63) is 50.1 Å². The Hall–Kier alpha value is -0.950. The molecule has 0 spiro atoms. The van der Waals surface area contributed by atoms with E-state index in [1.54, 1.807) is 22.7 Å². The van der Waals surface area contributed by atoms with Gasteiger partial charge in [-0.15, -0.1) is 22.7 Å². The zero-order valence-electron chi connectivity index (χ0n) is 10.0. The highest BCUT2D eigenvalue weighted by Gasteiger charge is 2.08. The summed E-state index contributed by atoms with van der Waals surface area (Å²) in [5.74, 6) is 0. The van der Waals surface area contributed by atoms with Crippen molar-refractivity contribution in [2.75, 3.05) is 0 Å². The van der Waals surface area contributed by atoms with Crippen molar-refractivity contribution < 1.29 is 0 Å². The van der Waals surface area contributed by atoms with E-state index in [9.17, 15) is 0 Å². The van der Waals surface area contributed by atoms with Crippen LogP contribution in [0.4, 0.5) is 0 Å². The molecular formula is C13H12BrN3S2. The Morgan fingerprint density at radius 3 is 3.00 bits per heavy atom. The molecule has 0 aliphatic carbocycles. The molecule has 0 aromatic carbocycles. The first kappa shape index (κ1) is 13.1. The predicted molar refractivity (Wildman–Crippen MR) is 84.5 cm³/mol. The van der Waals surface area contributed by atoms with Crippen LogP contribution >= 0.6 is 38.6 Å². The third-order valence-corrected chi connectivity index (χ3v) is 5.31. The molecule has 0 unspecified atom stereocenters. The molecule has 3 nitrogen and oxygen atoms in total. The van der Waals surface area contributed by atoms with E-state index in [0.717, 1.165) is 23.3 Å². The molecule has 3 aromatic rings. The zero-order chi connectivity index (χ0) is 13.1. The van der Waals surface area contributed by atoms with Gasteiger partial charge in [-0.25, -0.2) is 0 Å². The smallest absolute Gasteiger partial charge is 0.0794 e. The van der Waals surface area contributed by atoms with Crippen LogP contribution in [-0.4, -0.2) is 10.2 Å². The molecule has 19 heavy (non-hydrogen) atoms. The van der Waals surface area contributed by atoms with E-state index in [2.05, 4.69) is 60.4 Å². The van der Waals surface area contributed by atoms with Crippen molar-refractivity contribution in [1.29, 1.82) is 0 Å². The maximum Gasteiger partial charge on any atom is 0.0794 e. The lowest BCUT2D eigenvalue weighted by molar-refractivity contribution is 0.702. The van der Waals surface area contributed by atoms with Crippen LogP contribution in [0.25, 0.3) is 10.6 Å². The van der Waals surface area contributed by atoms with E-state index in [1.165, 1.54) is 15.3 Å². The molecule has 3 heterocycles. The van der Waals surface area contributed by atoms with Crippen LogP contribution in [-0.2, 0) is 13.1 Å². The lowest BCUT2D eigenvalue weighted by Gasteiger charge is -2.03. The molecule has 0 atom stereocenters. The Morgan fingerprint density at radius 1 is 1.32 bits per heavy atom. The highest BCUT2D eigenvalue weighted by Crippen LogP contribution is 2.26. The summed E-state index contributed by atoms with van der Waals surface area (Å²) in [6, 6.07) is 6.31. The summed E-state index contributed by atoms with van der Waals surface area (Å²) >= 11 is 6.95. The van der Waals surface area contributed by atoms with Crippen LogP contribution in [0.15, 0.2) is 39.6 Å². The first-order valence-corrected chi connectivity index (χ1v) is 8.38. The maximum absolute atomic E-state index is 4.14. The normalized spacial score (nSPS) is 11.0. The molecular weight excluding hydrogens is 342 g/mol. The van der Waals surface area contributed by atoms with Gasteiger partial charge in [0.05, 0.1) is 16.8 Å². The molecule has 98 valence electrons. The van der Waals surface area contributed by atoms with Crippen molar-refractivity contribution in [3.8, 4) is 10.6 Å². The highest BCUT2D eigenvalue weighted by molar-refractivity contribution is 9.10. The van der Waals surface area contributed by atoms with Gasteiger partial charge < -0.3 is 5.32 Å². The third kappa shape index (κ3) is 3.14. The third-order valence-electron chi connectivity index (χ3n) is 2.72. The second-order valence-corrected chi connectivity index (χ2v) is 6.94. The van der Waals surface area contributed by atoms with Crippen LogP contribution < -0.4 is 5.32 Å². The zero-order valence-corrected chi connectivity index (χ0v) is 13.2. The van der Waals surface area contributed by atoms with Gasteiger partial charge in [0.25, 0.3) is 0 Å². The van der Waals surface area contributed by atoms with Gasteiger partial charge in [-0.05, 0) is 33.4 Å². The number of rotatable bonds is 5. The predicted octanol–water partition coefficient (Wildman–Crippen LogP) is 4.25. The SMILES string of the molecule is Brc1csc(CNCc2cn[nH]c2-c2cccs2)c1. The first-order chi connectivity index (χ1) is 9.33. The average Bonchev–Trinajstić information content (AvgIpc) is 3.09. The lowest BCUT2D eigenvalue weighted by atomic mass is 10.2.